The molecule has 0 radical (unpaired) electrons. The van der Waals surface area contributed by atoms with E-state index in [9.17, 15) is 0 Å². The molecule has 0 amide bonds. The van der Waals surface area contributed by atoms with Gasteiger partial charge in [0.15, 0.2) is 5.82 Å². The van der Waals surface area contributed by atoms with Gasteiger partial charge in [0, 0.05) is 9.13 Å². The highest BCUT2D eigenvalue weighted by molar-refractivity contribution is 14.1. The second kappa shape index (κ2) is 5.88. The van der Waals surface area contributed by atoms with Crippen molar-refractivity contribution in [3.8, 4) is 10.6 Å². The molecule has 0 bridgehead atoms. The van der Waals surface area contributed by atoms with Gasteiger partial charge < -0.3 is 4.57 Å². The lowest BCUT2D eigenvalue weighted by atomic mass is 10.2. The zero-order valence-electron chi connectivity index (χ0n) is 12.9. The Morgan fingerprint density at radius 1 is 1.00 bits per heavy atom. The van der Waals surface area contributed by atoms with Crippen molar-refractivity contribution < 1.29 is 0 Å². The number of fused-ring (bicyclic) bond motifs is 2. The van der Waals surface area contributed by atoms with Crippen molar-refractivity contribution in [1.82, 2.24) is 29.4 Å². The van der Waals surface area contributed by atoms with Gasteiger partial charge in [-0.25, -0.2) is 4.98 Å². The second-order valence-corrected chi connectivity index (χ2v) is 7.68. The summed E-state index contributed by atoms with van der Waals surface area (Å²) < 4.78 is 5.07. The predicted octanol–water partition coefficient (Wildman–Crippen LogP) is 3.86. The molecule has 0 saturated carbocycles. The van der Waals surface area contributed by atoms with Crippen molar-refractivity contribution in [1.29, 1.82) is 0 Å². The summed E-state index contributed by atoms with van der Waals surface area (Å²) >= 11 is 3.88. The zero-order chi connectivity index (χ0) is 16.8. The third-order valence-corrected chi connectivity index (χ3v) is 5.87. The molecule has 0 unspecified atom stereocenters. The van der Waals surface area contributed by atoms with Crippen molar-refractivity contribution >= 4 is 49.9 Å². The van der Waals surface area contributed by atoms with Crippen LogP contribution in [0.5, 0.6) is 0 Å². The lowest BCUT2D eigenvalue weighted by Gasteiger charge is -2.01. The molecule has 0 spiro atoms. The Labute approximate surface area is 160 Å². The molecule has 5 rings (SSSR count). The largest absolute Gasteiger partial charge is 0.323 e. The van der Waals surface area contributed by atoms with Gasteiger partial charge in [0.2, 0.25) is 4.96 Å². The van der Waals surface area contributed by atoms with E-state index in [1.165, 1.54) is 3.57 Å². The van der Waals surface area contributed by atoms with Gasteiger partial charge >= 0.3 is 0 Å². The molecule has 0 aliphatic rings. The summed E-state index contributed by atoms with van der Waals surface area (Å²) in [6.45, 7) is 0.580. The quantitative estimate of drug-likeness (QED) is 0.386. The highest BCUT2D eigenvalue weighted by atomic mass is 127. The molecule has 25 heavy (non-hydrogen) atoms. The zero-order valence-corrected chi connectivity index (χ0v) is 15.8. The third kappa shape index (κ3) is 2.52. The van der Waals surface area contributed by atoms with Gasteiger partial charge in [-0.3, -0.25) is 0 Å². The molecular formula is C17H11IN6S. The highest BCUT2D eigenvalue weighted by Crippen LogP contribution is 2.29. The van der Waals surface area contributed by atoms with Gasteiger partial charge in [-0.15, -0.1) is 10.2 Å². The molecule has 0 fully saturated rings. The Morgan fingerprint density at radius 2 is 1.84 bits per heavy atom. The lowest BCUT2D eigenvalue weighted by Crippen LogP contribution is -2.04. The summed E-state index contributed by atoms with van der Waals surface area (Å²) in [6.07, 6.45) is 1.83. The fourth-order valence-electron chi connectivity index (χ4n) is 2.79. The number of hydrogen-bond acceptors (Lipinski definition) is 5. The van der Waals surface area contributed by atoms with Crippen LogP contribution < -0.4 is 0 Å². The predicted molar refractivity (Wildman–Crippen MR) is 106 cm³/mol. The molecule has 0 N–H and O–H groups in total. The fourth-order valence-corrected chi connectivity index (χ4v) is 4.51. The minimum Gasteiger partial charge on any atom is -0.323 e. The number of hydrogen-bond donors (Lipinski definition) is 0. The first-order chi connectivity index (χ1) is 12.3. The summed E-state index contributed by atoms with van der Waals surface area (Å²) in [5, 5.41) is 14.3. The molecule has 3 aromatic heterocycles. The second-order valence-electron chi connectivity index (χ2n) is 5.56. The Kier molecular flexibility index (Phi) is 3.52. The van der Waals surface area contributed by atoms with Crippen LogP contribution in [-0.2, 0) is 6.54 Å². The average Bonchev–Trinajstić information content (AvgIpc) is 3.32. The Hall–Kier alpha value is -2.33. The number of nitrogens with zero attached hydrogens (tertiary/aromatic N) is 6. The maximum Gasteiger partial charge on any atom is 0.235 e. The van der Waals surface area contributed by atoms with Crippen LogP contribution in [0.1, 0.15) is 5.82 Å². The van der Waals surface area contributed by atoms with Crippen LogP contribution in [-0.4, -0.2) is 29.4 Å². The number of rotatable bonds is 3. The van der Waals surface area contributed by atoms with Gasteiger partial charge in [-0.05, 0) is 40.8 Å². The van der Waals surface area contributed by atoms with Crippen LogP contribution in [0, 0.1) is 3.57 Å². The average molecular weight is 458 g/mol. The van der Waals surface area contributed by atoms with Crippen LogP contribution in [0.2, 0.25) is 0 Å². The topological polar surface area (TPSA) is 60.9 Å². The lowest BCUT2D eigenvalue weighted by molar-refractivity contribution is 0.726. The fraction of sp³-hybridized carbons (Fsp3) is 0.0588. The van der Waals surface area contributed by atoms with Gasteiger partial charge in [0.1, 0.15) is 5.01 Å². The molecule has 0 aliphatic heterocycles. The molecular weight excluding hydrogens is 447 g/mol. The Balaban J connectivity index is 1.57. The van der Waals surface area contributed by atoms with Crippen molar-refractivity contribution in [3.63, 3.8) is 0 Å². The van der Waals surface area contributed by atoms with Crippen molar-refractivity contribution in [3.05, 3.63) is 64.3 Å². The van der Waals surface area contributed by atoms with Gasteiger partial charge in [0.05, 0.1) is 23.9 Å². The van der Waals surface area contributed by atoms with E-state index in [0.717, 1.165) is 32.4 Å². The SMILES string of the molecule is Ic1ccccc1-c1nn2c(Cn3cnc4ccccc43)nnc2s1. The number of imidazole rings is 1. The van der Waals surface area contributed by atoms with Gasteiger partial charge in [-0.1, -0.05) is 41.7 Å². The summed E-state index contributed by atoms with van der Waals surface area (Å²) in [5.41, 5.74) is 3.17. The van der Waals surface area contributed by atoms with Crippen molar-refractivity contribution in [2.24, 2.45) is 0 Å². The monoisotopic (exact) mass is 458 g/mol. The number of aromatic nitrogens is 6. The van der Waals surface area contributed by atoms with E-state index >= 15 is 0 Å². The van der Waals surface area contributed by atoms with E-state index in [1.807, 2.05) is 41.2 Å². The van der Waals surface area contributed by atoms with E-state index < -0.39 is 0 Å². The first kappa shape index (κ1) is 15.0. The minimum atomic E-state index is 0.580. The summed E-state index contributed by atoms with van der Waals surface area (Å²) in [6, 6.07) is 16.3. The summed E-state index contributed by atoms with van der Waals surface area (Å²) in [7, 11) is 0. The van der Waals surface area contributed by atoms with E-state index in [2.05, 4.69) is 60.5 Å². The molecule has 0 aliphatic carbocycles. The van der Waals surface area contributed by atoms with Crippen LogP contribution in [0.3, 0.4) is 0 Å². The van der Waals surface area contributed by atoms with Crippen LogP contribution >= 0.6 is 33.9 Å². The highest BCUT2D eigenvalue weighted by Gasteiger charge is 2.15. The van der Waals surface area contributed by atoms with Crippen molar-refractivity contribution in [2.45, 2.75) is 6.54 Å². The molecule has 5 aromatic rings. The summed E-state index contributed by atoms with van der Waals surface area (Å²) in [5.74, 6) is 0.798. The molecule has 122 valence electrons. The standard InChI is InChI=1S/C17H11IN6S/c18-12-6-2-1-5-11(12)16-22-24-15(20-21-17(24)25-16)9-23-10-19-13-7-3-4-8-14(13)23/h1-8,10H,9H2. The number of benzene rings is 2. The molecule has 6 nitrogen and oxygen atoms in total. The molecule has 8 heteroatoms. The van der Waals surface area contributed by atoms with Crippen molar-refractivity contribution in [2.75, 3.05) is 0 Å². The smallest absolute Gasteiger partial charge is 0.235 e. The minimum absolute atomic E-state index is 0.580. The number of para-hydroxylation sites is 2. The molecule has 0 saturated heterocycles. The molecule has 0 atom stereocenters. The van der Waals surface area contributed by atoms with Crippen LogP contribution in [0.25, 0.3) is 26.6 Å². The van der Waals surface area contributed by atoms with E-state index in [-0.39, 0.29) is 0 Å². The van der Waals surface area contributed by atoms with E-state index in [4.69, 9.17) is 5.10 Å². The van der Waals surface area contributed by atoms with E-state index in [1.54, 1.807) is 11.3 Å². The van der Waals surface area contributed by atoms with E-state index in [0.29, 0.717) is 6.54 Å². The maximum absolute atomic E-state index is 4.74. The van der Waals surface area contributed by atoms with Gasteiger partial charge in [0.25, 0.3) is 0 Å². The summed E-state index contributed by atoms with van der Waals surface area (Å²) in [4.78, 5) is 5.23. The molecule has 2 aromatic carbocycles. The third-order valence-electron chi connectivity index (χ3n) is 4.00. The maximum atomic E-state index is 4.74. The number of halogens is 1. The Bertz CT molecular complexity index is 1200. The van der Waals surface area contributed by atoms with Crippen LogP contribution in [0.15, 0.2) is 54.9 Å². The molecule has 3 heterocycles. The first-order valence-corrected chi connectivity index (χ1v) is 9.55. The van der Waals surface area contributed by atoms with Gasteiger partial charge in [-0.2, -0.15) is 9.61 Å². The van der Waals surface area contributed by atoms with Crippen LogP contribution in [0.4, 0.5) is 0 Å². The normalized spacial score (nSPS) is 11.6. The first-order valence-electron chi connectivity index (χ1n) is 7.65. The Morgan fingerprint density at radius 3 is 2.76 bits per heavy atom.